The molecule has 1 atom stereocenters. The van der Waals surface area contributed by atoms with Gasteiger partial charge in [0.2, 0.25) is 0 Å². The fraction of sp³-hybridized carbons (Fsp3) is 0.412. The third-order valence-corrected chi connectivity index (χ3v) is 3.63. The molecule has 1 unspecified atom stereocenters. The van der Waals surface area contributed by atoms with Crippen LogP contribution in [0.1, 0.15) is 19.8 Å². The molecule has 0 amide bonds. The average molecular weight is 288 g/mol. The van der Waals surface area contributed by atoms with E-state index >= 15 is 0 Å². The van der Waals surface area contributed by atoms with Gasteiger partial charge in [-0.3, -0.25) is 0 Å². The minimum atomic E-state index is 0.357. The summed E-state index contributed by atoms with van der Waals surface area (Å²) < 4.78 is 11.0. The predicted octanol–water partition coefficient (Wildman–Crippen LogP) is 3.40. The van der Waals surface area contributed by atoms with Crippen molar-refractivity contribution >= 4 is 16.5 Å². The van der Waals surface area contributed by atoms with Gasteiger partial charge in [-0.05, 0) is 26.3 Å². The number of nitrogens with one attached hydrogen (secondary N) is 1. The van der Waals surface area contributed by atoms with Crippen molar-refractivity contribution in [3.63, 3.8) is 0 Å². The lowest BCUT2D eigenvalue weighted by Crippen LogP contribution is -2.17. The maximum Gasteiger partial charge on any atom is 0.168 e. The quantitative estimate of drug-likeness (QED) is 0.820. The Bertz CT molecular complexity index is 599. The molecule has 0 aliphatic rings. The summed E-state index contributed by atoms with van der Waals surface area (Å²) in [5.41, 5.74) is 6.64. The normalized spacial score (nSPS) is 12.2. The zero-order valence-corrected chi connectivity index (χ0v) is 13.0. The van der Waals surface area contributed by atoms with Gasteiger partial charge in [0.15, 0.2) is 11.5 Å². The largest absolute Gasteiger partial charge is 0.493 e. The zero-order valence-electron chi connectivity index (χ0n) is 13.0. The molecule has 0 bridgehead atoms. The first kappa shape index (κ1) is 15.4. The highest BCUT2D eigenvalue weighted by molar-refractivity contribution is 6.00. The molecule has 2 aromatic carbocycles. The van der Waals surface area contributed by atoms with Crippen LogP contribution >= 0.6 is 0 Å². The number of fused-ring (bicyclic) bond motifs is 1. The van der Waals surface area contributed by atoms with Gasteiger partial charge in [-0.25, -0.2) is 0 Å². The van der Waals surface area contributed by atoms with Gasteiger partial charge >= 0.3 is 0 Å². The van der Waals surface area contributed by atoms with Crippen molar-refractivity contribution in [1.29, 1.82) is 0 Å². The van der Waals surface area contributed by atoms with E-state index in [4.69, 9.17) is 15.2 Å². The lowest BCUT2D eigenvalue weighted by molar-refractivity contribution is 0.358. The molecule has 2 aromatic rings. The zero-order chi connectivity index (χ0) is 15.2. The highest BCUT2D eigenvalue weighted by Crippen LogP contribution is 2.40. The van der Waals surface area contributed by atoms with Crippen LogP contribution < -0.4 is 20.5 Å². The van der Waals surface area contributed by atoms with Crippen molar-refractivity contribution < 1.29 is 9.47 Å². The second kappa shape index (κ2) is 7.18. The first-order valence-corrected chi connectivity index (χ1v) is 7.31. The molecular weight excluding hydrogens is 264 g/mol. The number of hydrogen-bond acceptors (Lipinski definition) is 4. The molecule has 0 saturated carbocycles. The van der Waals surface area contributed by atoms with Gasteiger partial charge in [-0.2, -0.15) is 0 Å². The van der Waals surface area contributed by atoms with Crippen molar-refractivity contribution in [2.24, 2.45) is 5.73 Å². The van der Waals surface area contributed by atoms with E-state index in [-0.39, 0.29) is 0 Å². The molecule has 0 aromatic heterocycles. The van der Waals surface area contributed by atoms with Gasteiger partial charge in [0.05, 0.1) is 14.2 Å². The molecule has 0 saturated heterocycles. The highest BCUT2D eigenvalue weighted by Gasteiger charge is 2.14. The fourth-order valence-electron chi connectivity index (χ4n) is 2.57. The summed E-state index contributed by atoms with van der Waals surface area (Å²) in [5.74, 6) is 1.51. The monoisotopic (exact) mass is 288 g/mol. The third-order valence-electron chi connectivity index (χ3n) is 3.63. The second-order valence-corrected chi connectivity index (χ2v) is 5.18. The highest BCUT2D eigenvalue weighted by atomic mass is 16.5. The van der Waals surface area contributed by atoms with Crippen LogP contribution in [-0.2, 0) is 0 Å². The Kier molecular flexibility index (Phi) is 5.28. The van der Waals surface area contributed by atoms with Crippen molar-refractivity contribution in [1.82, 2.24) is 0 Å². The van der Waals surface area contributed by atoms with Crippen LogP contribution in [-0.4, -0.2) is 26.8 Å². The van der Waals surface area contributed by atoms with Crippen LogP contribution in [0.15, 0.2) is 30.3 Å². The van der Waals surface area contributed by atoms with E-state index < -0.39 is 0 Å². The average Bonchev–Trinajstić information content (AvgIpc) is 2.52. The van der Waals surface area contributed by atoms with Crippen LogP contribution in [0.4, 0.5) is 5.69 Å². The van der Waals surface area contributed by atoms with E-state index in [2.05, 4.69) is 18.3 Å². The molecule has 2 rings (SSSR count). The molecule has 3 N–H and O–H groups in total. The Morgan fingerprint density at radius 1 is 1.14 bits per heavy atom. The second-order valence-electron chi connectivity index (χ2n) is 5.18. The number of rotatable bonds is 7. The Morgan fingerprint density at radius 2 is 1.86 bits per heavy atom. The SMILES string of the molecule is COc1cc(NC(C)CCCN)c2ccccc2c1OC. The molecule has 21 heavy (non-hydrogen) atoms. The molecule has 0 aliphatic heterocycles. The molecule has 0 radical (unpaired) electrons. The van der Waals surface area contributed by atoms with Crippen LogP contribution in [0.3, 0.4) is 0 Å². The predicted molar refractivity (Wildman–Crippen MR) is 88.4 cm³/mol. The van der Waals surface area contributed by atoms with E-state index in [1.54, 1.807) is 14.2 Å². The maximum atomic E-state index is 5.58. The van der Waals surface area contributed by atoms with E-state index in [1.165, 1.54) is 0 Å². The first-order chi connectivity index (χ1) is 10.2. The Morgan fingerprint density at radius 3 is 2.48 bits per heavy atom. The molecule has 4 heteroatoms. The van der Waals surface area contributed by atoms with Gasteiger partial charge in [-0.1, -0.05) is 24.3 Å². The minimum absolute atomic E-state index is 0.357. The number of methoxy groups -OCH3 is 2. The lowest BCUT2D eigenvalue weighted by Gasteiger charge is -2.19. The van der Waals surface area contributed by atoms with Crippen molar-refractivity contribution in [3.05, 3.63) is 30.3 Å². The van der Waals surface area contributed by atoms with Crippen molar-refractivity contribution in [3.8, 4) is 11.5 Å². The van der Waals surface area contributed by atoms with Crippen molar-refractivity contribution in [2.75, 3.05) is 26.1 Å². The van der Waals surface area contributed by atoms with Gasteiger partial charge in [-0.15, -0.1) is 0 Å². The van der Waals surface area contributed by atoms with Gasteiger partial charge in [0.25, 0.3) is 0 Å². The molecular formula is C17H24N2O2. The molecule has 0 aliphatic carbocycles. The summed E-state index contributed by atoms with van der Waals surface area (Å²) in [4.78, 5) is 0. The topological polar surface area (TPSA) is 56.5 Å². The van der Waals surface area contributed by atoms with E-state index in [9.17, 15) is 0 Å². The Labute approximate surface area is 126 Å². The van der Waals surface area contributed by atoms with E-state index in [1.807, 2.05) is 24.3 Å². The van der Waals surface area contributed by atoms with Crippen LogP contribution in [0, 0.1) is 0 Å². The van der Waals surface area contributed by atoms with E-state index in [0.29, 0.717) is 6.04 Å². The summed E-state index contributed by atoms with van der Waals surface area (Å²) in [6, 6.07) is 10.5. The van der Waals surface area contributed by atoms with Crippen LogP contribution in [0.25, 0.3) is 10.8 Å². The van der Waals surface area contributed by atoms with Crippen LogP contribution in [0.5, 0.6) is 11.5 Å². The van der Waals surface area contributed by atoms with Crippen molar-refractivity contribution in [2.45, 2.75) is 25.8 Å². The Balaban J connectivity index is 2.43. The smallest absolute Gasteiger partial charge is 0.168 e. The molecule has 4 nitrogen and oxygen atoms in total. The number of ether oxygens (including phenoxy) is 2. The summed E-state index contributed by atoms with van der Waals surface area (Å²) in [6.07, 6.45) is 2.05. The minimum Gasteiger partial charge on any atom is -0.493 e. The third kappa shape index (κ3) is 3.39. The maximum absolute atomic E-state index is 5.58. The molecule has 0 spiro atoms. The first-order valence-electron chi connectivity index (χ1n) is 7.31. The summed E-state index contributed by atoms with van der Waals surface area (Å²) >= 11 is 0. The van der Waals surface area contributed by atoms with Crippen LogP contribution in [0.2, 0.25) is 0 Å². The van der Waals surface area contributed by atoms with E-state index in [0.717, 1.165) is 47.3 Å². The van der Waals surface area contributed by atoms with Gasteiger partial charge < -0.3 is 20.5 Å². The summed E-state index contributed by atoms with van der Waals surface area (Å²) in [5, 5.41) is 5.74. The Hall–Kier alpha value is -1.94. The number of hydrogen-bond donors (Lipinski definition) is 2. The van der Waals surface area contributed by atoms with Gasteiger partial charge in [0, 0.05) is 28.6 Å². The standard InChI is InChI=1S/C17H24N2O2/c1-12(7-6-10-18)19-15-11-16(20-2)17(21-3)14-9-5-4-8-13(14)15/h4-5,8-9,11-12,19H,6-7,10,18H2,1-3H3. The number of benzene rings is 2. The number of nitrogens with two attached hydrogens (primary N) is 1. The lowest BCUT2D eigenvalue weighted by atomic mass is 10.1. The molecule has 0 heterocycles. The molecule has 0 fully saturated rings. The fourth-order valence-corrected chi connectivity index (χ4v) is 2.57. The summed E-state index contributed by atoms with van der Waals surface area (Å²) in [6.45, 7) is 2.89. The van der Waals surface area contributed by atoms with Gasteiger partial charge in [0.1, 0.15) is 0 Å². The summed E-state index contributed by atoms with van der Waals surface area (Å²) in [7, 11) is 3.33. The molecule has 114 valence electrons. The number of anilines is 1.